The molecule has 196 valence electrons. The minimum absolute atomic E-state index is 0.284. The van der Waals surface area contributed by atoms with Crippen LogP contribution in [0.3, 0.4) is 0 Å². The molecule has 2 atom stereocenters. The van der Waals surface area contributed by atoms with Crippen molar-refractivity contribution in [1.82, 2.24) is 20.1 Å². The first-order valence-electron chi connectivity index (χ1n) is 12.7. The highest BCUT2D eigenvalue weighted by Gasteiger charge is 2.36. The summed E-state index contributed by atoms with van der Waals surface area (Å²) in [6.45, 7) is 6.54. The van der Waals surface area contributed by atoms with Gasteiger partial charge in [0.25, 0.3) is 0 Å². The third-order valence-corrected chi connectivity index (χ3v) is 6.58. The zero-order valence-electron chi connectivity index (χ0n) is 21.4. The van der Waals surface area contributed by atoms with E-state index in [1.54, 1.807) is 31.5 Å². The summed E-state index contributed by atoms with van der Waals surface area (Å²) < 4.78 is 5.58. The van der Waals surface area contributed by atoms with Crippen LogP contribution in [0.15, 0.2) is 29.0 Å². The average molecular weight is 508 g/mol. The van der Waals surface area contributed by atoms with E-state index in [1.165, 1.54) is 0 Å². The molecule has 11 nitrogen and oxygen atoms in total. The van der Waals surface area contributed by atoms with Gasteiger partial charge in [-0.15, -0.1) is 0 Å². The molecule has 3 aromatic rings. The zero-order valence-corrected chi connectivity index (χ0v) is 21.4. The van der Waals surface area contributed by atoms with Crippen molar-refractivity contribution < 1.29 is 19.2 Å². The Morgan fingerprint density at radius 1 is 1.05 bits per heavy atom. The summed E-state index contributed by atoms with van der Waals surface area (Å²) in [4.78, 5) is 37.9. The molecule has 0 saturated heterocycles. The number of anilines is 4. The monoisotopic (exact) mass is 507 g/mol. The molecular formula is C26H33N7O4. The summed E-state index contributed by atoms with van der Waals surface area (Å²) in [6.07, 6.45) is 8.18. The van der Waals surface area contributed by atoms with Gasteiger partial charge >= 0.3 is 5.97 Å². The van der Waals surface area contributed by atoms with E-state index >= 15 is 0 Å². The topological polar surface area (TPSA) is 155 Å². The van der Waals surface area contributed by atoms with Crippen LogP contribution in [0.5, 0.6) is 0 Å². The van der Waals surface area contributed by atoms with Gasteiger partial charge in [-0.3, -0.25) is 14.6 Å². The van der Waals surface area contributed by atoms with E-state index in [4.69, 9.17) is 4.52 Å². The predicted octanol–water partition coefficient (Wildman–Crippen LogP) is 4.93. The molecule has 3 aromatic heterocycles. The number of carboxylic acids is 1. The van der Waals surface area contributed by atoms with Crippen LogP contribution in [-0.4, -0.2) is 43.6 Å². The van der Waals surface area contributed by atoms with Gasteiger partial charge in [-0.25, -0.2) is 9.97 Å². The number of unbranched alkanes of at least 4 members (excludes halogenated alkanes) is 1. The lowest BCUT2D eigenvalue weighted by Crippen LogP contribution is -2.36. The molecule has 0 bridgehead atoms. The van der Waals surface area contributed by atoms with Gasteiger partial charge in [0, 0.05) is 6.54 Å². The molecule has 4 rings (SSSR count). The van der Waals surface area contributed by atoms with Crippen LogP contribution in [0.4, 0.5) is 23.0 Å². The number of amides is 1. The summed E-state index contributed by atoms with van der Waals surface area (Å²) in [6, 6.07) is 3.48. The molecule has 2 unspecified atom stereocenters. The largest absolute Gasteiger partial charge is 0.481 e. The molecule has 1 saturated carbocycles. The summed E-state index contributed by atoms with van der Waals surface area (Å²) in [5, 5.41) is 23.0. The minimum atomic E-state index is -0.919. The number of nitrogens with zero attached hydrogens (tertiary/aromatic N) is 4. The molecule has 37 heavy (non-hydrogen) atoms. The fraction of sp³-hybridized carbons (Fsp3) is 0.462. The van der Waals surface area contributed by atoms with Crippen LogP contribution in [0.25, 0.3) is 11.5 Å². The maximum Gasteiger partial charge on any atom is 0.307 e. The molecule has 1 amide bonds. The van der Waals surface area contributed by atoms with Crippen molar-refractivity contribution >= 4 is 34.9 Å². The van der Waals surface area contributed by atoms with Crippen molar-refractivity contribution in [1.29, 1.82) is 0 Å². The summed E-state index contributed by atoms with van der Waals surface area (Å²) in [5.41, 5.74) is 2.90. The lowest BCUT2D eigenvalue weighted by atomic mass is 9.78. The highest BCUT2D eigenvalue weighted by atomic mass is 16.5. The lowest BCUT2D eigenvalue weighted by Gasteiger charge is -2.27. The second-order valence-electron chi connectivity index (χ2n) is 9.32. The Kier molecular flexibility index (Phi) is 8.32. The molecule has 0 spiro atoms. The Bertz CT molecular complexity index is 1260. The third kappa shape index (κ3) is 6.22. The fourth-order valence-electron chi connectivity index (χ4n) is 4.51. The highest BCUT2D eigenvalue weighted by molar-refractivity contribution is 5.95. The Morgan fingerprint density at radius 2 is 1.81 bits per heavy atom. The molecular weight excluding hydrogens is 474 g/mol. The lowest BCUT2D eigenvalue weighted by molar-refractivity contribution is -0.147. The third-order valence-electron chi connectivity index (χ3n) is 6.58. The predicted molar refractivity (Wildman–Crippen MR) is 140 cm³/mol. The number of carbonyl (C=O) groups excluding carboxylic acids is 1. The number of nitrogens with one attached hydrogen (secondary N) is 3. The Balaban J connectivity index is 1.50. The van der Waals surface area contributed by atoms with Crippen molar-refractivity contribution in [2.75, 3.05) is 22.5 Å². The zero-order chi connectivity index (χ0) is 26.4. The molecule has 3 heterocycles. The van der Waals surface area contributed by atoms with Crippen molar-refractivity contribution in [3.8, 4) is 11.5 Å². The first-order chi connectivity index (χ1) is 17.9. The summed E-state index contributed by atoms with van der Waals surface area (Å²) in [7, 11) is 0. The van der Waals surface area contributed by atoms with Gasteiger partial charge in [-0.2, -0.15) is 0 Å². The number of carboxylic acid groups (broad SMARTS) is 1. The van der Waals surface area contributed by atoms with Crippen molar-refractivity contribution in [3.05, 3.63) is 35.9 Å². The number of hydrogen-bond acceptors (Lipinski definition) is 9. The number of aromatic nitrogens is 4. The maximum atomic E-state index is 12.9. The van der Waals surface area contributed by atoms with Crippen molar-refractivity contribution in [3.63, 3.8) is 0 Å². The van der Waals surface area contributed by atoms with Gasteiger partial charge in [0.1, 0.15) is 22.9 Å². The molecule has 11 heteroatoms. The Morgan fingerprint density at radius 3 is 2.54 bits per heavy atom. The van der Waals surface area contributed by atoms with Gasteiger partial charge in [-0.1, -0.05) is 31.3 Å². The number of hydrogen-bond donors (Lipinski definition) is 4. The maximum absolute atomic E-state index is 12.9. The normalized spacial score (nSPS) is 17.3. The minimum Gasteiger partial charge on any atom is -0.481 e. The van der Waals surface area contributed by atoms with Crippen LogP contribution in [-0.2, 0) is 9.59 Å². The number of rotatable bonds is 10. The van der Waals surface area contributed by atoms with E-state index in [0.717, 1.165) is 32.2 Å². The molecule has 0 aliphatic heterocycles. The first kappa shape index (κ1) is 26.1. The second kappa shape index (κ2) is 11.8. The smallest absolute Gasteiger partial charge is 0.307 e. The Labute approximate surface area is 215 Å². The average Bonchev–Trinajstić information content (AvgIpc) is 3.25. The Hall–Kier alpha value is -4.02. The second-order valence-corrected chi connectivity index (χ2v) is 9.32. The molecule has 1 aliphatic rings. The van der Waals surface area contributed by atoms with Gasteiger partial charge in [0.05, 0.1) is 35.6 Å². The van der Waals surface area contributed by atoms with E-state index in [9.17, 15) is 14.7 Å². The van der Waals surface area contributed by atoms with Gasteiger partial charge in [-0.05, 0) is 45.2 Å². The fourth-order valence-corrected chi connectivity index (χ4v) is 4.51. The van der Waals surface area contributed by atoms with Crippen LogP contribution in [0.1, 0.15) is 56.8 Å². The van der Waals surface area contributed by atoms with Crippen molar-refractivity contribution in [2.45, 2.75) is 59.3 Å². The summed E-state index contributed by atoms with van der Waals surface area (Å²) in [5.74, 6) is -0.766. The molecule has 1 aliphatic carbocycles. The number of pyridine rings is 1. The standard InChI is InChI=1S/C26H33N7O4/c1-4-5-12-28-21-13-27-14-22(31-21)32-23-16(3)33-37-24(23)20-11-10-19(15(2)29-20)30-25(34)17-8-6-7-9-18(17)26(35)36/h10-11,13-14,17-18H,4-9,12H2,1-3H3,(H,30,34)(H,35,36)(H2,28,31,32). The van der Waals surface area contributed by atoms with Crippen LogP contribution in [0, 0.1) is 25.7 Å². The van der Waals surface area contributed by atoms with Crippen LogP contribution >= 0.6 is 0 Å². The quantitative estimate of drug-likeness (QED) is 0.278. The highest BCUT2D eigenvalue weighted by Crippen LogP contribution is 2.34. The number of aryl methyl sites for hydroxylation is 2. The van der Waals surface area contributed by atoms with Crippen LogP contribution in [0.2, 0.25) is 0 Å². The molecule has 1 fully saturated rings. The molecule has 0 radical (unpaired) electrons. The van der Waals surface area contributed by atoms with E-state index in [0.29, 0.717) is 58.7 Å². The number of aliphatic carboxylic acids is 1. The summed E-state index contributed by atoms with van der Waals surface area (Å²) >= 11 is 0. The van der Waals surface area contributed by atoms with Gasteiger partial charge in [0.2, 0.25) is 11.7 Å². The van der Waals surface area contributed by atoms with Crippen LogP contribution < -0.4 is 16.0 Å². The van der Waals surface area contributed by atoms with Gasteiger partial charge < -0.3 is 25.6 Å². The van der Waals surface area contributed by atoms with E-state index < -0.39 is 17.8 Å². The SMILES string of the molecule is CCCCNc1cncc(Nc2c(C)noc2-c2ccc(NC(=O)C3CCCCC3C(=O)O)c(C)n2)n1. The van der Waals surface area contributed by atoms with E-state index in [2.05, 4.69) is 43.0 Å². The molecule has 4 N–H and O–H groups in total. The molecule has 0 aromatic carbocycles. The van der Waals surface area contributed by atoms with Gasteiger partial charge in [0.15, 0.2) is 5.82 Å². The first-order valence-corrected chi connectivity index (χ1v) is 12.7. The number of carbonyl (C=O) groups is 2. The van der Waals surface area contributed by atoms with E-state index in [1.807, 2.05) is 6.92 Å². The van der Waals surface area contributed by atoms with E-state index in [-0.39, 0.29) is 5.91 Å². The van der Waals surface area contributed by atoms with Crippen molar-refractivity contribution in [2.24, 2.45) is 11.8 Å².